The lowest BCUT2D eigenvalue weighted by Crippen LogP contribution is -2.51. The zero-order chi connectivity index (χ0) is 10.9. The molecule has 2 rings (SSSR count). The van der Waals surface area contributed by atoms with Gasteiger partial charge < -0.3 is 14.6 Å². The van der Waals surface area contributed by atoms with Crippen molar-refractivity contribution in [2.45, 2.75) is 76.5 Å². The van der Waals surface area contributed by atoms with Crippen LogP contribution in [-0.4, -0.2) is 29.2 Å². The van der Waals surface area contributed by atoms with Crippen molar-refractivity contribution in [2.24, 2.45) is 0 Å². The van der Waals surface area contributed by atoms with Crippen molar-refractivity contribution in [1.82, 2.24) is 0 Å². The molecule has 0 radical (unpaired) electrons. The molecule has 2 saturated heterocycles. The van der Waals surface area contributed by atoms with Gasteiger partial charge >= 0.3 is 0 Å². The van der Waals surface area contributed by atoms with Crippen LogP contribution in [-0.2, 0) is 9.47 Å². The summed E-state index contributed by atoms with van der Waals surface area (Å²) in [6.45, 7) is 4.09. The summed E-state index contributed by atoms with van der Waals surface area (Å²) in [5.41, 5.74) is 0. The monoisotopic (exact) mass is 214 g/mol. The van der Waals surface area contributed by atoms with E-state index in [0.717, 1.165) is 32.1 Å². The first-order valence-electron chi connectivity index (χ1n) is 6.19. The standard InChI is InChI=1S/C12H22O3/c1-3-10-5-4-7-12(15-10)8-6-11(13)9(2)14-12/h9-11,13H,3-8H2,1-2H3. The van der Waals surface area contributed by atoms with Gasteiger partial charge in [0.2, 0.25) is 0 Å². The average molecular weight is 214 g/mol. The summed E-state index contributed by atoms with van der Waals surface area (Å²) in [5.74, 6) is -0.377. The number of ether oxygens (including phenoxy) is 2. The Bertz CT molecular complexity index is 213. The van der Waals surface area contributed by atoms with Gasteiger partial charge in [-0.3, -0.25) is 0 Å². The van der Waals surface area contributed by atoms with E-state index in [1.165, 1.54) is 6.42 Å². The van der Waals surface area contributed by atoms with Crippen molar-refractivity contribution >= 4 is 0 Å². The van der Waals surface area contributed by atoms with Gasteiger partial charge in [0.15, 0.2) is 5.79 Å². The Morgan fingerprint density at radius 3 is 2.73 bits per heavy atom. The van der Waals surface area contributed by atoms with Crippen LogP contribution in [0.3, 0.4) is 0 Å². The molecule has 0 aliphatic carbocycles. The average Bonchev–Trinajstić information content (AvgIpc) is 2.24. The Morgan fingerprint density at radius 2 is 2.07 bits per heavy atom. The van der Waals surface area contributed by atoms with Crippen molar-refractivity contribution < 1.29 is 14.6 Å². The summed E-state index contributed by atoms with van der Waals surface area (Å²) in [7, 11) is 0. The minimum atomic E-state index is -0.377. The summed E-state index contributed by atoms with van der Waals surface area (Å²) in [4.78, 5) is 0. The van der Waals surface area contributed by atoms with Crippen LogP contribution in [0.15, 0.2) is 0 Å². The summed E-state index contributed by atoms with van der Waals surface area (Å²) in [5, 5.41) is 9.63. The molecule has 2 aliphatic rings. The Kier molecular flexibility index (Phi) is 3.33. The third-order valence-electron chi connectivity index (χ3n) is 3.68. The van der Waals surface area contributed by atoms with Gasteiger partial charge in [-0.2, -0.15) is 0 Å². The molecular weight excluding hydrogens is 192 g/mol. The molecule has 0 amide bonds. The van der Waals surface area contributed by atoms with Crippen LogP contribution in [0, 0.1) is 0 Å². The van der Waals surface area contributed by atoms with Gasteiger partial charge in [-0.15, -0.1) is 0 Å². The number of hydrogen-bond donors (Lipinski definition) is 1. The highest BCUT2D eigenvalue weighted by Crippen LogP contribution is 2.39. The van der Waals surface area contributed by atoms with Crippen LogP contribution in [0.25, 0.3) is 0 Å². The van der Waals surface area contributed by atoms with E-state index in [4.69, 9.17) is 9.47 Å². The molecular formula is C12H22O3. The summed E-state index contributed by atoms with van der Waals surface area (Å²) < 4.78 is 11.9. The lowest BCUT2D eigenvalue weighted by molar-refractivity contribution is -0.326. The minimum absolute atomic E-state index is 0.0886. The molecule has 1 N–H and O–H groups in total. The highest BCUT2D eigenvalue weighted by atomic mass is 16.7. The fourth-order valence-corrected chi connectivity index (χ4v) is 2.66. The van der Waals surface area contributed by atoms with E-state index in [-0.39, 0.29) is 18.0 Å². The summed E-state index contributed by atoms with van der Waals surface area (Å²) >= 11 is 0. The van der Waals surface area contributed by atoms with Crippen LogP contribution >= 0.6 is 0 Å². The molecule has 4 atom stereocenters. The molecule has 88 valence electrons. The molecule has 4 unspecified atom stereocenters. The van der Waals surface area contributed by atoms with Gasteiger partial charge in [-0.05, 0) is 32.6 Å². The Labute approximate surface area is 91.8 Å². The minimum Gasteiger partial charge on any atom is -0.390 e. The van der Waals surface area contributed by atoms with Crippen LogP contribution in [0.5, 0.6) is 0 Å². The second-order valence-corrected chi connectivity index (χ2v) is 4.88. The highest BCUT2D eigenvalue weighted by Gasteiger charge is 2.43. The molecule has 0 bridgehead atoms. The van der Waals surface area contributed by atoms with Gasteiger partial charge in [0.05, 0.1) is 18.3 Å². The molecule has 3 nitrogen and oxygen atoms in total. The molecule has 2 fully saturated rings. The largest absolute Gasteiger partial charge is 0.390 e. The topological polar surface area (TPSA) is 38.7 Å². The fourth-order valence-electron chi connectivity index (χ4n) is 2.66. The number of hydrogen-bond acceptors (Lipinski definition) is 3. The van der Waals surface area contributed by atoms with Crippen molar-refractivity contribution in [2.75, 3.05) is 0 Å². The van der Waals surface area contributed by atoms with Crippen molar-refractivity contribution in [3.05, 3.63) is 0 Å². The lowest BCUT2D eigenvalue weighted by atomic mass is 9.91. The van der Waals surface area contributed by atoms with E-state index >= 15 is 0 Å². The third kappa shape index (κ3) is 2.35. The normalized spacial score (nSPS) is 47.0. The maximum absolute atomic E-state index is 9.63. The van der Waals surface area contributed by atoms with Crippen LogP contribution in [0.2, 0.25) is 0 Å². The van der Waals surface area contributed by atoms with Gasteiger partial charge in [-0.25, -0.2) is 0 Å². The molecule has 15 heavy (non-hydrogen) atoms. The molecule has 3 heteroatoms. The van der Waals surface area contributed by atoms with Gasteiger partial charge in [0.25, 0.3) is 0 Å². The van der Waals surface area contributed by atoms with Gasteiger partial charge in [0.1, 0.15) is 0 Å². The maximum atomic E-state index is 9.63. The predicted molar refractivity (Wildman–Crippen MR) is 57.5 cm³/mol. The summed E-state index contributed by atoms with van der Waals surface area (Å²) in [6, 6.07) is 0. The van der Waals surface area contributed by atoms with E-state index in [0.29, 0.717) is 6.10 Å². The van der Waals surface area contributed by atoms with Crippen LogP contribution in [0.4, 0.5) is 0 Å². The molecule has 2 aliphatic heterocycles. The smallest absolute Gasteiger partial charge is 0.169 e. The van der Waals surface area contributed by atoms with E-state index in [1.54, 1.807) is 0 Å². The van der Waals surface area contributed by atoms with Crippen LogP contribution < -0.4 is 0 Å². The molecule has 0 aromatic rings. The highest BCUT2D eigenvalue weighted by molar-refractivity contribution is 4.85. The van der Waals surface area contributed by atoms with Gasteiger partial charge in [-0.1, -0.05) is 6.92 Å². The third-order valence-corrected chi connectivity index (χ3v) is 3.68. The Hall–Kier alpha value is -0.120. The number of rotatable bonds is 1. The lowest BCUT2D eigenvalue weighted by Gasteiger charge is -2.46. The van der Waals surface area contributed by atoms with E-state index in [1.807, 2.05) is 6.92 Å². The predicted octanol–water partition coefficient (Wildman–Crippen LogP) is 2.22. The zero-order valence-corrected chi connectivity index (χ0v) is 9.74. The first kappa shape index (κ1) is 11.4. The van der Waals surface area contributed by atoms with Crippen molar-refractivity contribution in [3.8, 4) is 0 Å². The van der Waals surface area contributed by atoms with Crippen molar-refractivity contribution in [3.63, 3.8) is 0 Å². The van der Waals surface area contributed by atoms with E-state index in [9.17, 15) is 5.11 Å². The Balaban J connectivity index is 2.00. The van der Waals surface area contributed by atoms with Crippen LogP contribution in [0.1, 0.15) is 52.4 Å². The Morgan fingerprint density at radius 1 is 1.27 bits per heavy atom. The zero-order valence-electron chi connectivity index (χ0n) is 9.74. The first-order valence-corrected chi connectivity index (χ1v) is 6.19. The molecule has 0 saturated carbocycles. The summed E-state index contributed by atoms with van der Waals surface area (Å²) in [6.07, 6.45) is 5.96. The molecule has 1 spiro atoms. The second kappa shape index (κ2) is 4.40. The first-order chi connectivity index (χ1) is 7.15. The molecule has 2 heterocycles. The SMILES string of the molecule is CCC1CCCC2(CCC(O)C(C)O2)O1. The number of aliphatic hydroxyl groups is 1. The second-order valence-electron chi connectivity index (χ2n) is 4.88. The van der Waals surface area contributed by atoms with E-state index < -0.39 is 0 Å². The molecule has 0 aromatic carbocycles. The van der Waals surface area contributed by atoms with Gasteiger partial charge in [0, 0.05) is 12.8 Å². The number of aliphatic hydroxyl groups excluding tert-OH is 1. The van der Waals surface area contributed by atoms with E-state index in [2.05, 4.69) is 6.92 Å². The fraction of sp³-hybridized carbons (Fsp3) is 1.00. The maximum Gasteiger partial charge on any atom is 0.169 e. The molecule has 0 aromatic heterocycles. The quantitative estimate of drug-likeness (QED) is 0.727. The van der Waals surface area contributed by atoms with Crippen molar-refractivity contribution in [1.29, 1.82) is 0 Å².